The van der Waals surface area contributed by atoms with E-state index in [4.69, 9.17) is 4.74 Å². The van der Waals surface area contributed by atoms with Crippen molar-refractivity contribution in [2.24, 2.45) is 0 Å². The normalized spacial score (nSPS) is 21.6. The molecule has 1 aromatic heterocycles. The Morgan fingerprint density at radius 1 is 1.12 bits per heavy atom. The molecule has 1 fully saturated rings. The summed E-state index contributed by atoms with van der Waals surface area (Å²) < 4.78 is 18.7. The summed E-state index contributed by atoms with van der Waals surface area (Å²) in [5.74, 6) is -0.00340. The Morgan fingerprint density at radius 3 is 2.42 bits per heavy atom. The first-order valence-corrected chi connectivity index (χ1v) is 8.26. The van der Waals surface area contributed by atoms with Gasteiger partial charge in [-0.05, 0) is 25.0 Å². The van der Waals surface area contributed by atoms with E-state index in [9.17, 15) is 4.39 Å². The summed E-state index contributed by atoms with van der Waals surface area (Å²) in [5, 5.41) is 3.15. The summed E-state index contributed by atoms with van der Waals surface area (Å²) in [4.78, 5) is 10.3. The molecule has 0 aliphatic carbocycles. The van der Waals surface area contributed by atoms with E-state index in [1.165, 1.54) is 11.1 Å². The molecule has 0 bridgehead atoms. The number of nitrogens with zero attached hydrogens (tertiary/aromatic N) is 3. The van der Waals surface area contributed by atoms with E-state index in [0.29, 0.717) is 12.5 Å². The first kappa shape index (κ1) is 16.8. The second kappa shape index (κ2) is 7.68. The van der Waals surface area contributed by atoms with Gasteiger partial charge in [0.25, 0.3) is 0 Å². The number of rotatable bonds is 5. The van der Waals surface area contributed by atoms with Crippen molar-refractivity contribution in [2.75, 3.05) is 18.4 Å². The summed E-state index contributed by atoms with van der Waals surface area (Å²) in [7, 11) is 0. The molecule has 0 radical (unpaired) electrons. The van der Waals surface area contributed by atoms with Crippen LogP contribution in [-0.4, -0.2) is 40.2 Å². The largest absolute Gasteiger partial charge is 0.373 e. The Morgan fingerprint density at radius 2 is 1.75 bits per heavy atom. The molecule has 0 spiro atoms. The van der Waals surface area contributed by atoms with Crippen molar-refractivity contribution in [1.29, 1.82) is 0 Å². The second-order valence-corrected chi connectivity index (χ2v) is 6.30. The molecule has 1 aliphatic heterocycles. The highest BCUT2D eigenvalue weighted by molar-refractivity contribution is 5.32. The van der Waals surface area contributed by atoms with E-state index >= 15 is 0 Å². The van der Waals surface area contributed by atoms with Gasteiger partial charge in [-0.1, -0.05) is 24.3 Å². The van der Waals surface area contributed by atoms with Gasteiger partial charge in [0.15, 0.2) is 5.82 Å². The standard InChI is InChI=1S/C18H23FN4O/c1-13-10-23(11-14(2)24-13)12-16-6-4-3-5-15(16)7-20-18-21-8-17(19)9-22-18/h3-6,8-9,13-14H,7,10-12H2,1-2H3,(H,20,21,22). The van der Waals surface area contributed by atoms with Crippen LogP contribution in [0.25, 0.3) is 0 Å². The Labute approximate surface area is 141 Å². The molecule has 5 nitrogen and oxygen atoms in total. The summed E-state index contributed by atoms with van der Waals surface area (Å²) >= 11 is 0. The van der Waals surface area contributed by atoms with Gasteiger partial charge in [-0.15, -0.1) is 0 Å². The lowest BCUT2D eigenvalue weighted by atomic mass is 10.1. The number of aromatic nitrogens is 2. The van der Waals surface area contributed by atoms with Crippen molar-refractivity contribution in [3.63, 3.8) is 0 Å². The zero-order chi connectivity index (χ0) is 16.9. The van der Waals surface area contributed by atoms with Gasteiger partial charge < -0.3 is 10.1 Å². The number of morpholine rings is 1. The van der Waals surface area contributed by atoms with Gasteiger partial charge in [0.2, 0.25) is 5.95 Å². The molecule has 128 valence electrons. The maximum Gasteiger partial charge on any atom is 0.223 e. The molecule has 1 saturated heterocycles. The molecule has 0 amide bonds. The summed E-state index contributed by atoms with van der Waals surface area (Å²) in [5.41, 5.74) is 2.46. The van der Waals surface area contributed by atoms with Crippen LogP contribution in [0.3, 0.4) is 0 Å². The van der Waals surface area contributed by atoms with Gasteiger partial charge >= 0.3 is 0 Å². The minimum absolute atomic E-state index is 0.256. The van der Waals surface area contributed by atoms with Gasteiger partial charge in [-0.25, -0.2) is 14.4 Å². The van der Waals surface area contributed by atoms with E-state index in [2.05, 4.69) is 52.2 Å². The van der Waals surface area contributed by atoms with Gasteiger partial charge in [0.05, 0.1) is 24.6 Å². The highest BCUT2D eigenvalue weighted by Crippen LogP contribution is 2.17. The van der Waals surface area contributed by atoms with Crippen LogP contribution >= 0.6 is 0 Å². The van der Waals surface area contributed by atoms with E-state index in [1.807, 2.05) is 6.07 Å². The maximum absolute atomic E-state index is 12.9. The predicted molar refractivity (Wildman–Crippen MR) is 91.0 cm³/mol. The summed E-state index contributed by atoms with van der Waals surface area (Å²) in [6.07, 6.45) is 2.84. The third-order valence-corrected chi connectivity index (χ3v) is 4.06. The van der Waals surface area contributed by atoms with Crippen molar-refractivity contribution in [1.82, 2.24) is 14.9 Å². The van der Waals surface area contributed by atoms with E-state index in [0.717, 1.165) is 32.0 Å². The van der Waals surface area contributed by atoms with Gasteiger partial charge in [0, 0.05) is 26.2 Å². The smallest absolute Gasteiger partial charge is 0.223 e. The van der Waals surface area contributed by atoms with Crippen LogP contribution in [0, 0.1) is 5.82 Å². The van der Waals surface area contributed by atoms with E-state index in [-0.39, 0.29) is 12.2 Å². The number of nitrogens with one attached hydrogen (secondary N) is 1. The van der Waals surface area contributed by atoms with Crippen molar-refractivity contribution in [2.45, 2.75) is 39.1 Å². The Bertz CT molecular complexity index is 654. The molecule has 2 unspecified atom stereocenters. The molecule has 0 saturated carbocycles. The minimum Gasteiger partial charge on any atom is -0.373 e. The fraction of sp³-hybridized carbons (Fsp3) is 0.444. The molecule has 2 heterocycles. The summed E-state index contributed by atoms with van der Waals surface area (Å²) in [6.45, 7) is 7.60. The van der Waals surface area contributed by atoms with Crippen LogP contribution < -0.4 is 5.32 Å². The fourth-order valence-electron chi connectivity index (χ4n) is 3.12. The number of anilines is 1. The first-order chi connectivity index (χ1) is 11.6. The SMILES string of the molecule is CC1CN(Cc2ccccc2CNc2ncc(F)cn2)CC(C)O1. The van der Waals surface area contributed by atoms with Crippen LogP contribution in [-0.2, 0) is 17.8 Å². The molecule has 1 N–H and O–H groups in total. The van der Waals surface area contributed by atoms with E-state index in [1.54, 1.807) is 0 Å². The lowest BCUT2D eigenvalue weighted by Gasteiger charge is -2.35. The Balaban J connectivity index is 1.65. The molecule has 24 heavy (non-hydrogen) atoms. The molecule has 1 aliphatic rings. The molecule has 3 rings (SSSR count). The third kappa shape index (κ3) is 4.49. The van der Waals surface area contributed by atoms with Crippen LogP contribution in [0.5, 0.6) is 0 Å². The molecular formula is C18H23FN4O. The first-order valence-electron chi connectivity index (χ1n) is 8.26. The Hall–Kier alpha value is -2.05. The quantitative estimate of drug-likeness (QED) is 0.913. The molecule has 6 heteroatoms. The number of ether oxygens (including phenoxy) is 1. The van der Waals surface area contributed by atoms with Gasteiger partial charge in [-0.2, -0.15) is 0 Å². The maximum atomic E-state index is 12.9. The van der Waals surface area contributed by atoms with Crippen molar-refractivity contribution in [3.8, 4) is 0 Å². The molecule has 2 atom stereocenters. The molecule has 2 aromatic rings. The van der Waals surface area contributed by atoms with Gasteiger partial charge in [0.1, 0.15) is 0 Å². The molecular weight excluding hydrogens is 307 g/mol. The predicted octanol–water partition coefficient (Wildman–Crippen LogP) is 2.84. The third-order valence-electron chi connectivity index (χ3n) is 4.06. The van der Waals surface area contributed by atoms with Crippen LogP contribution in [0.4, 0.5) is 10.3 Å². The number of benzene rings is 1. The lowest BCUT2D eigenvalue weighted by Crippen LogP contribution is -2.44. The topological polar surface area (TPSA) is 50.3 Å². The fourth-order valence-corrected chi connectivity index (χ4v) is 3.12. The van der Waals surface area contributed by atoms with Crippen molar-refractivity contribution < 1.29 is 9.13 Å². The zero-order valence-corrected chi connectivity index (χ0v) is 14.1. The zero-order valence-electron chi connectivity index (χ0n) is 14.1. The number of hydrogen-bond acceptors (Lipinski definition) is 5. The van der Waals surface area contributed by atoms with Crippen molar-refractivity contribution in [3.05, 3.63) is 53.6 Å². The average molecular weight is 330 g/mol. The monoisotopic (exact) mass is 330 g/mol. The summed E-state index contributed by atoms with van der Waals surface area (Å²) in [6, 6.07) is 8.32. The van der Waals surface area contributed by atoms with Gasteiger partial charge in [-0.3, -0.25) is 4.90 Å². The average Bonchev–Trinajstić information content (AvgIpc) is 2.54. The van der Waals surface area contributed by atoms with Crippen LogP contribution in [0.1, 0.15) is 25.0 Å². The molecule has 1 aromatic carbocycles. The minimum atomic E-state index is -0.434. The highest BCUT2D eigenvalue weighted by atomic mass is 19.1. The number of halogens is 1. The van der Waals surface area contributed by atoms with Crippen molar-refractivity contribution >= 4 is 5.95 Å². The van der Waals surface area contributed by atoms with Crippen LogP contribution in [0.15, 0.2) is 36.7 Å². The Kier molecular flexibility index (Phi) is 5.37. The second-order valence-electron chi connectivity index (χ2n) is 6.30. The highest BCUT2D eigenvalue weighted by Gasteiger charge is 2.22. The number of hydrogen-bond donors (Lipinski definition) is 1. The van der Waals surface area contributed by atoms with E-state index < -0.39 is 5.82 Å². The lowest BCUT2D eigenvalue weighted by molar-refractivity contribution is -0.0705. The van der Waals surface area contributed by atoms with Crippen LogP contribution in [0.2, 0.25) is 0 Å².